The topological polar surface area (TPSA) is 164 Å². The molecule has 6 N–H and O–H groups in total. The Bertz CT molecular complexity index is 1250. The van der Waals surface area contributed by atoms with Gasteiger partial charge in [-0.1, -0.05) is 23.9 Å². The third kappa shape index (κ3) is 4.23. The van der Waals surface area contributed by atoms with E-state index in [2.05, 4.69) is 31.3 Å². The maximum atomic E-state index is 10.4. The number of aliphatic hydroxyl groups is 3. The van der Waals surface area contributed by atoms with Crippen molar-refractivity contribution in [3.8, 4) is 0 Å². The van der Waals surface area contributed by atoms with Gasteiger partial charge in [-0.05, 0) is 19.1 Å². The number of hydrogen-bond acceptors (Lipinski definition) is 12. The third-order valence-electron chi connectivity index (χ3n) is 5.34. The van der Waals surface area contributed by atoms with Crippen LogP contribution in [0.25, 0.3) is 21.4 Å². The molecule has 13 heteroatoms. The number of anilines is 2. The largest absolute Gasteiger partial charge is 0.394 e. The standard InChI is InChI=1S/C20H23N7O4S2/c1-9(7-32-20-24-10-4-2-3-5-12(10)33-20)23-16-13-17(26-19(21)25-16)27(8-22-13)18-15(30)14(29)11(6-28)31-18/h2-5,8-9,11,14-15,18,28-30H,6-7H2,1H3,(H3,21,23,25,26)/t9-,11-,14?,15?,18-/m1/s1. The minimum Gasteiger partial charge on any atom is -0.394 e. The summed E-state index contributed by atoms with van der Waals surface area (Å²) < 4.78 is 9.24. The van der Waals surface area contributed by atoms with Crippen LogP contribution in [-0.2, 0) is 4.74 Å². The van der Waals surface area contributed by atoms with E-state index < -0.39 is 31.1 Å². The number of aromatic nitrogens is 5. The van der Waals surface area contributed by atoms with E-state index in [0.29, 0.717) is 17.0 Å². The quantitative estimate of drug-likeness (QED) is 0.237. The molecule has 1 aliphatic rings. The second-order valence-electron chi connectivity index (χ2n) is 7.79. The van der Waals surface area contributed by atoms with Gasteiger partial charge in [-0.3, -0.25) is 4.57 Å². The Morgan fingerprint density at radius 2 is 2.06 bits per heavy atom. The Morgan fingerprint density at radius 1 is 1.24 bits per heavy atom. The number of fused-ring (bicyclic) bond motifs is 2. The van der Waals surface area contributed by atoms with Gasteiger partial charge in [0.15, 0.2) is 27.5 Å². The van der Waals surface area contributed by atoms with Crippen molar-refractivity contribution in [3.05, 3.63) is 30.6 Å². The second-order valence-corrected chi connectivity index (χ2v) is 10.1. The normalized spacial score (nSPS) is 24.0. The lowest BCUT2D eigenvalue weighted by molar-refractivity contribution is -0.0511. The fourth-order valence-corrected chi connectivity index (χ4v) is 5.76. The molecule has 33 heavy (non-hydrogen) atoms. The maximum Gasteiger partial charge on any atom is 0.224 e. The van der Waals surface area contributed by atoms with Crippen LogP contribution in [-0.4, -0.2) is 76.5 Å². The number of thioether (sulfide) groups is 1. The van der Waals surface area contributed by atoms with Gasteiger partial charge in [-0.15, -0.1) is 11.3 Å². The van der Waals surface area contributed by atoms with Gasteiger partial charge in [0.2, 0.25) is 5.95 Å². The first-order chi connectivity index (χ1) is 15.9. The van der Waals surface area contributed by atoms with Crippen molar-refractivity contribution in [2.75, 3.05) is 23.4 Å². The first kappa shape index (κ1) is 22.3. The van der Waals surface area contributed by atoms with Crippen LogP contribution >= 0.6 is 23.1 Å². The average Bonchev–Trinajstić information content (AvgIpc) is 3.48. The predicted octanol–water partition coefficient (Wildman–Crippen LogP) is 1.22. The molecule has 0 amide bonds. The summed E-state index contributed by atoms with van der Waals surface area (Å²) in [6.45, 7) is 1.60. The van der Waals surface area contributed by atoms with Crippen LogP contribution in [0.5, 0.6) is 0 Å². The highest BCUT2D eigenvalue weighted by Crippen LogP contribution is 2.33. The van der Waals surface area contributed by atoms with E-state index in [1.165, 1.54) is 10.9 Å². The average molecular weight is 490 g/mol. The van der Waals surface area contributed by atoms with E-state index in [1.807, 2.05) is 25.1 Å². The van der Waals surface area contributed by atoms with Gasteiger partial charge in [0.1, 0.15) is 18.3 Å². The van der Waals surface area contributed by atoms with Crippen LogP contribution in [0.3, 0.4) is 0 Å². The summed E-state index contributed by atoms with van der Waals surface area (Å²) in [6, 6.07) is 8.05. The highest BCUT2D eigenvalue weighted by molar-refractivity contribution is 8.01. The number of thiazole rings is 1. The van der Waals surface area contributed by atoms with Crippen LogP contribution in [0.1, 0.15) is 13.2 Å². The smallest absolute Gasteiger partial charge is 0.224 e. The lowest BCUT2D eigenvalue weighted by Gasteiger charge is -2.17. The number of nitrogens with zero attached hydrogens (tertiary/aromatic N) is 5. The molecule has 0 aliphatic carbocycles. The number of nitrogens with one attached hydrogen (secondary N) is 1. The van der Waals surface area contributed by atoms with Crippen LogP contribution < -0.4 is 11.1 Å². The molecule has 174 valence electrons. The maximum absolute atomic E-state index is 10.4. The molecule has 0 radical (unpaired) electrons. The van der Waals surface area contributed by atoms with Gasteiger partial charge < -0.3 is 31.1 Å². The lowest BCUT2D eigenvalue weighted by atomic mass is 10.1. The van der Waals surface area contributed by atoms with Gasteiger partial charge in [-0.2, -0.15) is 9.97 Å². The number of aliphatic hydroxyl groups excluding tert-OH is 3. The number of nitrogens with two attached hydrogens (primary N) is 1. The number of ether oxygens (including phenoxy) is 1. The summed E-state index contributed by atoms with van der Waals surface area (Å²) in [5.74, 6) is 1.23. The van der Waals surface area contributed by atoms with Crippen molar-refractivity contribution in [2.24, 2.45) is 0 Å². The van der Waals surface area contributed by atoms with E-state index >= 15 is 0 Å². The minimum absolute atomic E-state index is 0.0126. The van der Waals surface area contributed by atoms with E-state index in [0.717, 1.165) is 20.3 Å². The number of imidazole rings is 1. The number of benzene rings is 1. The number of hydrogen-bond donors (Lipinski definition) is 5. The van der Waals surface area contributed by atoms with Crippen LogP contribution in [0, 0.1) is 0 Å². The molecule has 1 saturated heterocycles. The first-order valence-electron chi connectivity index (χ1n) is 10.3. The van der Waals surface area contributed by atoms with Gasteiger partial charge >= 0.3 is 0 Å². The van der Waals surface area contributed by atoms with Gasteiger partial charge in [0.05, 0.1) is 23.2 Å². The SMILES string of the molecule is C[C@H](CSc1nc2ccccc2s1)Nc1nc(N)nc2c1ncn2[C@@H]1O[C@H](CO)C(O)C1O. The molecule has 2 unspecified atom stereocenters. The fourth-order valence-electron chi connectivity index (χ4n) is 3.71. The van der Waals surface area contributed by atoms with Crippen LogP contribution in [0.15, 0.2) is 34.9 Å². The molecule has 5 rings (SSSR count). The van der Waals surface area contributed by atoms with E-state index in [9.17, 15) is 15.3 Å². The van der Waals surface area contributed by atoms with Crippen molar-refractivity contribution < 1.29 is 20.1 Å². The Balaban J connectivity index is 1.34. The van der Waals surface area contributed by atoms with Gasteiger partial charge in [0.25, 0.3) is 0 Å². The first-order valence-corrected chi connectivity index (χ1v) is 12.1. The number of para-hydroxylation sites is 1. The molecule has 0 saturated carbocycles. The monoisotopic (exact) mass is 489 g/mol. The van der Waals surface area contributed by atoms with Crippen molar-refractivity contribution in [3.63, 3.8) is 0 Å². The van der Waals surface area contributed by atoms with Crippen molar-refractivity contribution in [1.29, 1.82) is 0 Å². The second kappa shape index (κ2) is 9.00. The molecule has 11 nitrogen and oxygen atoms in total. The van der Waals surface area contributed by atoms with Crippen molar-refractivity contribution >= 4 is 56.2 Å². The van der Waals surface area contributed by atoms with Crippen LogP contribution in [0.4, 0.5) is 11.8 Å². The third-order valence-corrected chi connectivity index (χ3v) is 7.78. The molecule has 4 aromatic rings. The fraction of sp³-hybridized carbons (Fsp3) is 0.400. The summed E-state index contributed by atoms with van der Waals surface area (Å²) in [5.41, 5.74) is 7.74. The molecular formula is C20H23N7O4S2. The zero-order chi connectivity index (χ0) is 23.1. The van der Waals surface area contributed by atoms with Gasteiger partial charge in [-0.25, -0.2) is 9.97 Å². The van der Waals surface area contributed by atoms with Crippen molar-refractivity contribution in [2.45, 2.75) is 41.8 Å². The Hall–Kier alpha value is -2.55. The minimum atomic E-state index is -1.25. The molecule has 0 bridgehead atoms. The predicted molar refractivity (Wildman–Crippen MR) is 126 cm³/mol. The molecule has 0 spiro atoms. The highest BCUT2D eigenvalue weighted by Gasteiger charge is 2.44. The summed E-state index contributed by atoms with van der Waals surface area (Å²) in [7, 11) is 0. The highest BCUT2D eigenvalue weighted by atomic mass is 32.2. The lowest BCUT2D eigenvalue weighted by Crippen LogP contribution is -2.33. The van der Waals surface area contributed by atoms with Crippen LogP contribution in [0.2, 0.25) is 0 Å². The molecule has 1 aromatic carbocycles. The van der Waals surface area contributed by atoms with E-state index in [1.54, 1.807) is 23.1 Å². The molecule has 3 aromatic heterocycles. The summed E-state index contributed by atoms with van der Waals surface area (Å²) in [6.07, 6.45) is -2.90. The molecule has 5 atom stereocenters. The Kier molecular flexibility index (Phi) is 6.07. The number of nitrogen functional groups attached to an aromatic ring is 1. The molecule has 1 aliphatic heterocycles. The van der Waals surface area contributed by atoms with E-state index in [4.69, 9.17) is 10.5 Å². The Labute approximate surface area is 196 Å². The zero-order valence-electron chi connectivity index (χ0n) is 17.6. The zero-order valence-corrected chi connectivity index (χ0v) is 19.2. The Morgan fingerprint density at radius 3 is 2.82 bits per heavy atom. The molecule has 4 heterocycles. The molecular weight excluding hydrogens is 466 g/mol. The van der Waals surface area contributed by atoms with Gasteiger partial charge in [0, 0.05) is 11.8 Å². The van der Waals surface area contributed by atoms with E-state index in [-0.39, 0.29) is 12.0 Å². The summed E-state index contributed by atoms with van der Waals surface area (Å²) in [5, 5.41) is 33.1. The van der Waals surface area contributed by atoms with Crippen molar-refractivity contribution in [1.82, 2.24) is 24.5 Å². The number of rotatable bonds is 7. The molecule has 1 fully saturated rings. The summed E-state index contributed by atoms with van der Waals surface area (Å²) >= 11 is 3.31. The summed E-state index contributed by atoms with van der Waals surface area (Å²) in [4.78, 5) is 17.6.